The largest absolute Gasteiger partial charge is 0.492 e. The van der Waals surface area contributed by atoms with Gasteiger partial charge in [-0.1, -0.05) is 49.4 Å². The molecule has 1 fully saturated rings. The zero-order valence-corrected chi connectivity index (χ0v) is 14.9. The number of fused-ring (bicyclic) bond motifs is 1. The van der Waals surface area contributed by atoms with E-state index < -0.39 is 0 Å². The Bertz CT molecular complexity index is 793. The average Bonchev–Trinajstić information content (AvgIpc) is 3.46. The van der Waals surface area contributed by atoms with Crippen molar-refractivity contribution in [1.29, 1.82) is 0 Å². The smallest absolute Gasteiger partial charge is 0.247 e. The molecule has 1 aliphatic carbocycles. The zero-order chi connectivity index (χ0) is 18.1. The maximum Gasteiger partial charge on any atom is 0.247 e. The highest BCUT2D eigenvalue weighted by Crippen LogP contribution is 2.60. The summed E-state index contributed by atoms with van der Waals surface area (Å²) in [5.41, 5.74) is 5.28. The molecule has 1 aliphatic heterocycles. The van der Waals surface area contributed by atoms with Crippen LogP contribution < -0.4 is 10.2 Å². The second kappa shape index (κ2) is 7.09. The molecule has 2 N–H and O–H groups in total. The van der Waals surface area contributed by atoms with E-state index >= 15 is 0 Å². The van der Waals surface area contributed by atoms with Gasteiger partial charge in [0.1, 0.15) is 12.4 Å². The van der Waals surface area contributed by atoms with Crippen molar-refractivity contribution in [3.05, 3.63) is 65.2 Å². The summed E-state index contributed by atoms with van der Waals surface area (Å²) in [6, 6.07) is 16.3. The summed E-state index contributed by atoms with van der Waals surface area (Å²) in [4.78, 5) is 14.5. The first kappa shape index (κ1) is 17.1. The van der Waals surface area contributed by atoms with Crippen LogP contribution in [0.25, 0.3) is 0 Å². The molecule has 0 saturated heterocycles. The number of ether oxygens (including phenoxy) is 1. The van der Waals surface area contributed by atoms with Crippen molar-refractivity contribution in [2.75, 3.05) is 19.7 Å². The Labute approximate surface area is 153 Å². The van der Waals surface area contributed by atoms with E-state index in [0.29, 0.717) is 6.61 Å². The van der Waals surface area contributed by atoms with Crippen molar-refractivity contribution in [2.45, 2.75) is 25.3 Å². The van der Waals surface area contributed by atoms with Crippen LogP contribution in [-0.4, -0.2) is 35.7 Å². The van der Waals surface area contributed by atoms with Gasteiger partial charge < -0.3 is 4.74 Å². The van der Waals surface area contributed by atoms with E-state index in [1.54, 1.807) is 0 Å². The predicted octanol–water partition coefficient (Wildman–Crippen LogP) is 2.90. The predicted molar refractivity (Wildman–Crippen MR) is 98.2 cm³/mol. The van der Waals surface area contributed by atoms with Crippen LogP contribution in [0.3, 0.4) is 0 Å². The Hall–Kier alpha value is -2.37. The van der Waals surface area contributed by atoms with Crippen LogP contribution in [0.4, 0.5) is 0 Å². The van der Waals surface area contributed by atoms with Gasteiger partial charge in [0.25, 0.3) is 0 Å². The van der Waals surface area contributed by atoms with Gasteiger partial charge in [-0.25, -0.2) is 5.48 Å². The highest BCUT2D eigenvalue weighted by atomic mass is 16.5. The summed E-state index contributed by atoms with van der Waals surface area (Å²) in [6.45, 7) is 5.62. The minimum absolute atomic E-state index is 0.0770. The van der Waals surface area contributed by atoms with Crippen LogP contribution in [0.2, 0.25) is 0 Å². The molecule has 26 heavy (non-hydrogen) atoms. The molecule has 1 heterocycles. The second-order valence-electron chi connectivity index (χ2n) is 7.05. The Morgan fingerprint density at radius 1 is 1.19 bits per heavy atom. The molecule has 0 spiro atoms. The maximum atomic E-state index is 12.2. The highest BCUT2D eigenvalue weighted by molar-refractivity contribution is 5.84. The lowest BCUT2D eigenvalue weighted by Gasteiger charge is -2.16. The third-order valence-electron chi connectivity index (χ3n) is 5.59. The van der Waals surface area contributed by atoms with E-state index in [4.69, 9.17) is 9.94 Å². The van der Waals surface area contributed by atoms with Crippen molar-refractivity contribution in [3.63, 3.8) is 0 Å². The number of likely N-dealkylation sites (N-methyl/N-ethyl adjacent to an activating group) is 1. The number of hydroxylamine groups is 1. The fourth-order valence-electron chi connectivity index (χ4n) is 4.16. The Balaban J connectivity index is 1.66. The fraction of sp³-hybridized carbons (Fsp3) is 0.381. The van der Waals surface area contributed by atoms with Gasteiger partial charge in [-0.05, 0) is 23.7 Å². The molecule has 0 radical (unpaired) electrons. The van der Waals surface area contributed by atoms with Crippen molar-refractivity contribution in [3.8, 4) is 5.75 Å². The molecule has 3 atom stereocenters. The molecule has 2 aromatic rings. The standard InChI is InChI=1S/C21H24N2O3/c1-2-23-10-11-26-17-9-8-15(12-16(17)13-23)19-18(20(19)21(24)22-25)14-6-4-3-5-7-14/h3-9,12,18-20,25H,2,10-11,13H2,1H3,(H,22,24)/t18-,19-,20-/m1/s1. The molecule has 1 amide bonds. The van der Waals surface area contributed by atoms with E-state index in [1.165, 1.54) is 5.56 Å². The van der Waals surface area contributed by atoms with Crippen molar-refractivity contribution < 1.29 is 14.7 Å². The van der Waals surface area contributed by atoms with E-state index in [2.05, 4.69) is 24.0 Å². The summed E-state index contributed by atoms with van der Waals surface area (Å²) in [7, 11) is 0. The van der Waals surface area contributed by atoms with E-state index in [-0.39, 0.29) is 23.7 Å². The number of nitrogens with one attached hydrogen (secondary N) is 1. The van der Waals surface area contributed by atoms with Crippen molar-refractivity contribution in [2.24, 2.45) is 5.92 Å². The van der Waals surface area contributed by atoms with Gasteiger partial charge >= 0.3 is 0 Å². The van der Waals surface area contributed by atoms with Gasteiger partial charge in [-0.2, -0.15) is 0 Å². The molecular formula is C21H24N2O3. The first-order valence-electron chi connectivity index (χ1n) is 9.19. The minimum atomic E-state index is -0.315. The van der Waals surface area contributed by atoms with Gasteiger partial charge in [-0.15, -0.1) is 0 Å². The van der Waals surface area contributed by atoms with E-state index in [1.807, 2.05) is 41.9 Å². The molecule has 4 rings (SSSR count). The summed E-state index contributed by atoms with van der Waals surface area (Å²) in [6.07, 6.45) is 0. The number of rotatable bonds is 4. The lowest BCUT2D eigenvalue weighted by atomic mass is 10.0. The number of hydrogen-bond donors (Lipinski definition) is 2. The molecule has 1 saturated carbocycles. The van der Waals surface area contributed by atoms with Crippen molar-refractivity contribution in [1.82, 2.24) is 10.4 Å². The summed E-state index contributed by atoms with van der Waals surface area (Å²) in [5, 5.41) is 9.14. The van der Waals surface area contributed by atoms with Crippen LogP contribution in [-0.2, 0) is 11.3 Å². The number of benzene rings is 2. The van der Waals surface area contributed by atoms with Gasteiger partial charge in [0.2, 0.25) is 5.91 Å². The molecule has 0 bridgehead atoms. The number of carbonyl (C=O) groups is 1. The minimum Gasteiger partial charge on any atom is -0.492 e. The van der Waals surface area contributed by atoms with Gasteiger partial charge in [-0.3, -0.25) is 14.9 Å². The SMILES string of the molecule is CCN1CCOc2ccc([C@H]3[C@H](C(=O)NO)[C@@H]3c3ccccc3)cc2C1. The third kappa shape index (κ3) is 3.08. The highest BCUT2D eigenvalue weighted by Gasteiger charge is 2.56. The van der Waals surface area contributed by atoms with Gasteiger partial charge in [0, 0.05) is 30.5 Å². The molecule has 2 aliphatic rings. The number of hydrogen-bond acceptors (Lipinski definition) is 4. The van der Waals surface area contributed by atoms with Crippen LogP contribution >= 0.6 is 0 Å². The molecule has 2 aromatic carbocycles. The maximum absolute atomic E-state index is 12.2. The van der Waals surface area contributed by atoms with Gasteiger partial charge in [0.15, 0.2) is 0 Å². The molecule has 5 heteroatoms. The van der Waals surface area contributed by atoms with E-state index in [0.717, 1.165) is 36.5 Å². The number of nitrogens with zero attached hydrogens (tertiary/aromatic N) is 1. The number of carbonyl (C=O) groups excluding carboxylic acids is 1. The number of amides is 1. The summed E-state index contributed by atoms with van der Waals surface area (Å²) in [5.74, 6) is 0.549. The van der Waals surface area contributed by atoms with Crippen LogP contribution in [0, 0.1) is 5.92 Å². The van der Waals surface area contributed by atoms with Crippen molar-refractivity contribution >= 4 is 5.91 Å². The first-order valence-corrected chi connectivity index (χ1v) is 9.19. The van der Waals surface area contributed by atoms with E-state index in [9.17, 15) is 4.79 Å². The van der Waals surface area contributed by atoms with Crippen LogP contribution in [0.15, 0.2) is 48.5 Å². The lowest BCUT2D eigenvalue weighted by molar-refractivity contribution is -0.130. The normalized spacial score (nSPS) is 24.9. The molecule has 136 valence electrons. The fourth-order valence-corrected chi connectivity index (χ4v) is 4.16. The topological polar surface area (TPSA) is 61.8 Å². The summed E-state index contributed by atoms with van der Waals surface area (Å²) < 4.78 is 5.88. The average molecular weight is 352 g/mol. The molecule has 0 aromatic heterocycles. The van der Waals surface area contributed by atoms with Crippen LogP contribution in [0.1, 0.15) is 35.4 Å². The summed E-state index contributed by atoms with van der Waals surface area (Å²) >= 11 is 0. The molecule has 5 nitrogen and oxygen atoms in total. The zero-order valence-electron chi connectivity index (χ0n) is 14.9. The molecule has 0 unspecified atom stereocenters. The third-order valence-corrected chi connectivity index (χ3v) is 5.59. The Morgan fingerprint density at radius 2 is 1.96 bits per heavy atom. The first-order chi connectivity index (χ1) is 12.7. The monoisotopic (exact) mass is 352 g/mol. The Morgan fingerprint density at radius 3 is 2.69 bits per heavy atom. The quantitative estimate of drug-likeness (QED) is 0.656. The second-order valence-corrected chi connectivity index (χ2v) is 7.05. The van der Waals surface area contributed by atoms with Gasteiger partial charge in [0.05, 0.1) is 5.92 Å². The Kier molecular flexibility index (Phi) is 4.66. The molecular weight excluding hydrogens is 328 g/mol. The van der Waals surface area contributed by atoms with Crippen LogP contribution in [0.5, 0.6) is 5.75 Å². The lowest BCUT2D eigenvalue weighted by Crippen LogP contribution is -2.25.